The fourth-order valence-electron chi connectivity index (χ4n) is 0.353. The lowest BCUT2D eigenvalue weighted by molar-refractivity contribution is -0.119. The Morgan fingerprint density at radius 3 is 2.67 bits per heavy atom. The average Bonchev–Trinajstić information content (AvgIpc) is 1.83. The quantitative estimate of drug-likeness (QED) is 0.543. The van der Waals surface area contributed by atoms with Crippen LogP contribution in [0.25, 0.3) is 0 Å². The molecule has 1 unspecified atom stereocenters. The van der Waals surface area contributed by atoms with Crippen molar-refractivity contribution in [3.63, 3.8) is 0 Å². The van der Waals surface area contributed by atoms with Crippen molar-refractivity contribution < 1.29 is 9.59 Å². The summed E-state index contributed by atoms with van der Waals surface area (Å²) in [4.78, 5) is 20.2. The number of carbonyl (C=O) groups excluding carboxylic acids is 2. The van der Waals surface area contributed by atoms with E-state index in [1.165, 1.54) is 6.92 Å². The molecule has 0 aliphatic heterocycles. The van der Waals surface area contributed by atoms with Gasteiger partial charge in [-0.2, -0.15) is 0 Å². The van der Waals surface area contributed by atoms with Crippen LogP contribution in [-0.2, 0) is 9.59 Å². The first-order chi connectivity index (χ1) is 4.16. The minimum Gasteiger partial charge on any atom is -0.356 e. The van der Waals surface area contributed by atoms with E-state index < -0.39 is 0 Å². The van der Waals surface area contributed by atoms with Gasteiger partial charge >= 0.3 is 0 Å². The van der Waals surface area contributed by atoms with Gasteiger partial charge in [-0.3, -0.25) is 4.79 Å². The Morgan fingerprint density at radius 2 is 2.33 bits per heavy atom. The lowest BCUT2D eigenvalue weighted by atomic mass is 10.2. The zero-order valence-electron chi connectivity index (χ0n) is 5.68. The molecule has 52 valence electrons. The van der Waals surface area contributed by atoms with E-state index in [-0.39, 0.29) is 11.8 Å². The molecular formula is C6H11NO2. The molecule has 0 fully saturated rings. The second-order valence-corrected chi connectivity index (χ2v) is 2.05. The predicted molar refractivity (Wildman–Crippen MR) is 33.9 cm³/mol. The van der Waals surface area contributed by atoms with Crippen LogP contribution in [0, 0.1) is 5.92 Å². The highest BCUT2D eigenvalue weighted by Gasteiger charge is 1.97. The molecular weight excluding hydrogens is 118 g/mol. The SMILES string of the molecule is CC(=O)NCC(C)C=O. The van der Waals surface area contributed by atoms with E-state index >= 15 is 0 Å². The Bertz CT molecular complexity index is 112. The van der Waals surface area contributed by atoms with Crippen LogP contribution in [0.5, 0.6) is 0 Å². The molecule has 3 heteroatoms. The second kappa shape index (κ2) is 4.06. The molecule has 1 atom stereocenters. The summed E-state index contributed by atoms with van der Waals surface area (Å²) >= 11 is 0. The molecule has 0 aromatic carbocycles. The minimum atomic E-state index is -0.0938. The fraction of sp³-hybridized carbons (Fsp3) is 0.667. The average molecular weight is 129 g/mol. The number of carbonyl (C=O) groups is 2. The lowest BCUT2D eigenvalue weighted by Crippen LogP contribution is -2.26. The smallest absolute Gasteiger partial charge is 0.216 e. The summed E-state index contributed by atoms with van der Waals surface area (Å²) in [7, 11) is 0. The number of rotatable bonds is 3. The Kier molecular flexibility index (Phi) is 3.67. The summed E-state index contributed by atoms with van der Waals surface area (Å²) in [6.07, 6.45) is 0.815. The third kappa shape index (κ3) is 5.00. The van der Waals surface area contributed by atoms with Crippen LogP contribution in [0.1, 0.15) is 13.8 Å². The number of hydrogen-bond acceptors (Lipinski definition) is 2. The van der Waals surface area contributed by atoms with Crippen molar-refractivity contribution in [3.05, 3.63) is 0 Å². The van der Waals surface area contributed by atoms with Gasteiger partial charge in [-0.25, -0.2) is 0 Å². The van der Waals surface area contributed by atoms with Gasteiger partial charge in [-0.05, 0) is 0 Å². The molecule has 9 heavy (non-hydrogen) atoms. The first-order valence-corrected chi connectivity index (χ1v) is 2.86. The molecule has 0 aliphatic carbocycles. The van der Waals surface area contributed by atoms with E-state index in [0.717, 1.165) is 6.29 Å². The zero-order chi connectivity index (χ0) is 7.28. The molecule has 3 nitrogen and oxygen atoms in total. The molecule has 0 radical (unpaired) electrons. The van der Waals surface area contributed by atoms with Crippen molar-refractivity contribution in [3.8, 4) is 0 Å². The van der Waals surface area contributed by atoms with E-state index in [0.29, 0.717) is 6.54 Å². The van der Waals surface area contributed by atoms with E-state index in [1.54, 1.807) is 6.92 Å². The lowest BCUT2D eigenvalue weighted by Gasteiger charge is -2.01. The van der Waals surface area contributed by atoms with Gasteiger partial charge < -0.3 is 10.1 Å². The van der Waals surface area contributed by atoms with E-state index in [4.69, 9.17) is 0 Å². The van der Waals surface area contributed by atoms with Crippen LogP contribution in [0.3, 0.4) is 0 Å². The zero-order valence-corrected chi connectivity index (χ0v) is 5.68. The van der Waals surface area contributed by atoms with Gasteiger partial charge in [0.1, 0.15) is 6.29 Å². The molecule has 0 aromatic rings. The highest BCUT2D eigenvalue weighted by Crippen LogP contribution is 1.83. The van der Waals surface area contributed by atoms with E-state index in [9.17, 15) is 9.59 Å². The van der Waals surface area contributed by atoms with Gasteiger partial charge in [0.25, 0.3) is 0 Å². The van der Waals surface area contributed by atoms with Crippen LogP contribution in [-0.4, -0.2) is 18.7 Å². The van der Waals surface area contributed by atoms with Gasteiger partial charge in [-0.15, -0.1) is 0 Å². The Labute approximate surface area is 54.4 Å². The Hall–Kier alpha value is -0.860. The first-order valence-electron chi connectivity index (χ1n) is 2.86. The summed E-state index contributed by atoms with van der Waals surface area (Å²) in [5.74, 6) is -0.169. The third-order valence-electron chi connectivity index (χ3n) is 0.905. The van der Waals surface area contributed by atoms with Crippen molar-refractivity contribution >= 4 is 12.2 Å². The van der Waals surface area contributed by atoms with Crippen LogP contribution < -0.4 is 5.32 Å². The number of nitrogens with one attached hydrogen (secondary N) is 1. The van der Waals surface area contributed by atoms with Crippen LogP contribution >= 0.6 is 0 Å². The second-order valence-electron chi connectivity index (χ2n) is 2.05. The summed E-state index contributed by atoms with van der Waals surface area (Å²) in [5, 5.41) is 2.53. The van der Waals surface area contributed by atoms with Crippen molar-refractivity contribution in [1.29, 1.82) is 0 Å². The van der Waals surface area contributed by atoms with Gasteiger partial charge in [-0.1, -0.05) is 6.92 Å². The summed E-state index contributed by atoms with van der Waals surface area (Å²) < 4.78 is 0. The summed E-state index contributed by atoms with van der Waals surface area (Å²) in [5.41, 5.74) is 0. The molecule has 0 rings (SSSR count). The molecule has 0 heterocycles. The highest BCUT2D eigenvalue weighted by molar-refractivity contribution is 5.73. The monoisotopic (exact) mass is 129 g/mol. The summed E-state index contributed by atoms with van der Waals surface area (Å²) in [6, 6.07) is 0. The molecule has 0 saturated heterocycles. The number of hydrogen-bond donors (Lipinski definition) is 1. The fourth-order valence-corrected chi connectivity index (χ4v) is 0.353. The van der Waals surface area contributed by atoms with Crippen LogP contribution in [0.15, 0.2) is 0 Å². The van der Waals surface area contributed by atoms with Crippen molar-refractivity contribution in [2.75, 3.05) is 6.54 Å². The van der Waals surface area contributed by atoms with Gasteiger partial charge in [0.15, 0.2) is 0 Å². The normalized spacial score (nSPS) is 12.2. The molecule has 0 bridgehead atoms. The van der Waals surface area contributed by atoms with Crippen molar-refractivity contribution in [2.45, 2.75) is 13.8 Å². The van der Waals surface area contributed by atoms with E-state index in [2.05, 4.69) is 5.32 Å². The predicted octanol–water partition coefficient (Wildman–Crippen LogP) is -0.0425. The largest absolute Gasteiger partial charge is 0.356 e. The van der Waals surface area contributed by atoms with E-state index in [1.807, 2.05) is 0 Å². The number of amides is 1. The number of aldehydes is 1. The molecule has 0 spiro atoms. The van der Waals surface area contributed by atoms with Crippen molar-refractivity contribution in [2.24, 2.45) is 5.92 Å². The minimum absolute atomic E-state index is 0.0751. The van der Waals surface area contributed by atoms with Crippen molar-refractivity contribution in [1.82, 2.24) is 5.32 Å². The van der Waals surface area contributed by atoms with Crippen LogP contribution in [0.4, 0.5) is 0 Å². The maximum absolute atomic E-state index is 10.2. The van der Waals surface area contributed by atoms with Crippen LogP contribution in [0.2, 0.25) is 0 Å². The molecule has 1 amide bonds. The Morgan fingerprint density at radius 1 is 1.78 bits per heavy atom. The standard InChI is InChI=1S/C6H11NO2/c1-5(4-8)3-7-6(2)9/h4-5H,3H2,1-2H3,(H,7,9). The van der Waals surface area contributed by atoms with Gasteiger partial charge in [0, 0.05) is 19.4 Å². The maximum atomic E-state index is 10.2. The molecule has 1 N–H and O–H groups in total. The molecule has 0 aliphatic rings. The first kappa shape index (κ1) is 8.14. The Balaban J connectivity index is 3.26. The topological polar surface area (TPSA) is 46.2 Å². The highest BCUT2D eigenvalue weighted by atomic mass is 16.1. The molecule has 0 saturated carbocycles. The molecule has 0 aromatic heterocycles. The van der Waals surface area contributed by atoms with Gasteiger partial charge in [0.05, 0.1) is 0 Å². The third-order valence-corrected chi connectivity index (χ3v) is 0.905. The maximum Gasteiger partial charge on any atom is 0.216 e. The summed E-state index contributed by atoms with van der Waals surface area (Å²) in [6.45, 7) is 3.62. The van der Waals surface area contributed by atoms with Gasteiger partial charge in [0.2, 0.25) is 5.91 Å².